The van der Waals surface area contributed by atoms with Crippen molar-refractivity contribution in [3.63, 3.8) is 0 Å². The Bertz CT molecular complexity index is 560. The van der Waals surface area contributed by atoms with Crippen LogP contribution in [0.1, 0.15) is 11.5 Å². The van der Waals surface area contributed by atoms with Gasteiger partial charge in [0.1, 0.15) is 12.2 Å². The molecule has 3 unspecified atom stereocenters. The van der Waals surface area contributed by atoms with Crippen molar-refractivity contribution in [3.05, 3.63) is 23.8 Å². The largest absolute Gasteiger partial charge is 0.454 e. The summed E-state index contributed by atoms with van der Waals surface area (Å²) in [4.78, 5) is 12.0. The number of nitrogens with two attached hydrogens (primary N) is 1. The van der Waals surface area contributed by atoms with Gasteiger partial charge in [0.05, 0.1) is 6.61 Å². The van der Waals surface area contributed by atoms with Crippen LogP contribution in [-0.4, -0.2) is 45.2 Å². The molecule has 0 bridgehead atoms. The Kier molecular flexibility index (Phi) is 6.03. The van der Waals surface area contributed by atoms with Crippen LogP contribution in [0.4, 0.5) is 0 Å². The second-order valence-corrected chi connectivity index (χ2v) is 5.29. The van der Waals surface area contributed by atoms with Crippen molar-refractivity contribution in [1.82, 2.24) is 16.2 Å². The number of rotatable bonds is 5. The Morgan fingerprint density at radius 3 is 3.04 bits per heavy atom. The zero-order valence-electron chi connectivity index (χ0n) is 12.7. The molecule has 1 amide bonds. The maximum atomic E-state index is 12.0. The molecule has 0 spiro atoms. The van der Waals surface area contributed by atoms with Crippen molar-refractivity contribution < 1.29 is 19.0 Å². The molecule has 9 heteroatoms. The number of carbonyl (C=O) groups excluding carboxylic acids is 1. The summed E-state index contributed by atoms with van der Waals surface area (Å²) in [7, 11) is 1.51. The van der Waals surface area contributed by atoms with E-state index in [9.17, 15) is 4.79 Å². The second-order valence-electron chi connectivity index (χ2n) is 5.29. The maximum absolute atomic E-state index is 12.0. The first-order valence-corrected chi connectivity index (χ1v) is 7.12. The molecule has 23 heavy (non-hydrogen) atoms. The van der Waals surface area contributed by atoms with Crippen LogP contribution in [0.2, 0.25) is 0 Å². The fourth-order valence-electron chi connectivity index (χ4n) is 2.60. The van der Waals surface area contributed by atoms with Crippen molar-refractivity contribution in [2.24, 2.45) is 5.73 Å². The minimum Gasteiger partial charge on any atom is -0.454 e. The van der Waals surface area contributed by atoms with E-state index in [-0.39, 0.29) is 43.8 Å². The topological polar surface area (TPSA) is 107 Å². The van der Waals surface area contributed by atoms with E-state index in [1.165, 1.54) is 7.11 Å². The van der Waals surface area contributed by atoms with Gasteiger partial charge in [0.15, 0.2) is 11.5 Å². The van der Waals surface area contributed by atoms with E-state index in [1.807, 2.05) is 18.2 Å². The molecule has 0 radical (unpaired) electrons. The molecule has 8 nitrogen and oxygen atoms in total. The number of fused-ring (bicyclic) bond motifs is 1. The Morgan fingerprint density at radius 1 is 1.48 bits per heavy atom. The summed E-state index contributed by atoms with van der Waals surface area (Å²) in [5, 5.41) is 2.89. The first kappa shape index (κ1) is 17.8. The van der Waals surface area contributed by atoms with Crippen LogP contribution in [0.25, 0.3) is 0 Å². The van der Waals surface area contributed by atoms with Gasteiger partial charge in [0.25, 0.3) is 0 Å². The molecule has 0 aliphatic carbocycles. The van der Waals surface area contributed by atoms with Gasteiger partial charge in [-0.3, -0.25) is 10.2 Å². The lowest BCUT2D eigenvalue weighted by molar-refractivity contribution is -0.124. The number of hydrogen-bond donors (Lipinski definition) is 4. The molecule has 0 aromatic heterocycles. The molecular weight excluding hydrogens is 324 g/mol. The molecule has 0 saturated carbocycles. The number of benzene rings is 1. The monoisotopic (exact) mass is 344 g/mol. The summed E-state index contributed by atoms with van der Waals surface area (Å²) in [6.07, 6.45) is -0.254. The van der Waals surface area contributed by atoms with E-state index in [0.717, 1.165) is 17.1 Å². The fourth-order valence-corrected chi connectivity index (χ4v) is 2.60. The molecule has 1 aromatic rings. The highest BCUT2D eigenvalue weighted by molar-refractivity contribution is 5.85. The van der Waals surface area contributed by atoms with Gasteiger partial charge in [0, 0.05) is 19.6 Å². The van der Waals surface area contributed by atoms with Gasteiger partial charge in [-0.1, -0.05) is 6.07 Å². The van der Waals surface area contributed by atoms with Crippen LogP contribution in [0.5, 0.6) is 11.5 Å². The highest BCUT2D eigenvalue weighted by Crippen LogP contribution is 2.35. The standard InChI is InChI=1S/C14H20N4O4.ClH/c1-20-6-10(15)14(19)17-13-9(5-16-18-13)8-2-3-11-12(4-8)22-7-21-11;/h2-4,9-10,13,16,18H,5-7,15H2,1H3,(H,17,19);1H. The number of amides is 1. The first-order chi connectivity index (χ1) is 10.7. The third-order valence-electron chi connectivity index (χ3n) is 3.79. The summed E-state index contributed by atoms with van der Waals surface area (Å²) in [5.41, 5.74) is 12.9. The second kappa shape index (κ2) is 7.80. The molecule has 5 N–H and O–H groups in total. The normalized spacial score (nSPS) is 23.2. The first-order valence-electron chi connectivity index (χ1n) is 7.12. The van der Waals surface area contributed by atoms with E-state index in [1.54, 1.807) is 0 Å². The average Bonchev–Trinajstić information content (AvgIpc) is 3.15. The molecule has 1 aromatic carbocycles. The minimum atomic E-state index is -0.690. The van der Waals surface area contributed by atoms with E-state index >= 15 is 0 Å². The number of hydrogen-bond acceptors (Lipinski definition) is 7. The van der Waals surface area contributed by atoms with Crippen molar-refractivity contribution >= 4 is 18.3 Å². The van der Waals surface area contributed by atoms with Crippen molar-refractivity contribution in [1.29, 1.82) is 0 Å². The molecule has 2 aliphatic rings. The lowest BCUT2D eigenvalue weighted by Gasteiger charge is -2.22. The lowest BCUT2D eigenvalue weighted by Crippen LogP contribution is -2.52. The van der Waals surface area contributed by atoms with E-state index in [0.29, 0.717) is 6.54 Å². The van der Waals surface area contributed by atoms with Gasteiger partial charge in [-0.25, -0.2) is 5.43 Å². The third kappa shape index (κ3) is 3.85. The van der Waals surface area contributed by atoms with Crippen LogP contribution in [-0.2, 0) is 9.53 Å². The maximum Gasteiger partial charge on any atom is 0.240 e. The Labute approximate surface area is 140 Å². The van der Waals surface area contributed by atoms with Crippen LogP contribution in [0.3, 0.4) is 0 Å². The average molecular weight is 345 g/mol. The summed E-state index contributed by atoms with van der Waals surface area (Å²) < 4.78 is 15.6. The van der Waals surface area contributed by atoms with Crippen LogP contribution in [0.15, 0.2) is 18.2 Å². The molecule has 2 aliphatic heterocycles. The third-order valence-corrected chi connectivity index (χ3v) is 3.79. The predicted molar refractivity (Wildman–Crippen MR) is 85.5 cm³/mol. The number of carbonyl (C=O) groups is 1. The number of ether oxygens (including phenoxy) is 3. The van der Waals surface area contributed by atoms with Crippen LogP contribution >= 0.6 is 12.4 Å². The van der Waals surface area contributed by atoms with Gasteiger partial charge in [-0.05, 0) is 17.7 Å². The minimum absolute atomic E-state index is 0. The molecule has 3 rings (SSSR count). The van der Waals surface area contributed by atoms with Crippen LogP contribution < -0.4 is 31.4 Å². The summed E-state index contributed by atoms with van der Waals surface area (Å²) in [5.74, 6) is 1.28. The number of halogens is 1. The number of nitrogens with one attached hydrogen (secondary N) is 3. The van der Waals surface area contributed by atoms with E-state index in [4.69, 9.17) is 19.9 Å². The summed E-state index contributed by atoms with van der Waals surface area (Å²) >= 11 is 0. The SMILES string of the molecule is COCC(N)C(=O)NC1NNCC1c1ccc2c(c1)OCO2.Cl. The van der Waals surface area contributed by atoms with Gasteiger partial charge < -0.3 is 25.3 Å². The molecule has 2 heterocycles. The summed E-state index contributed by atoms with van der Waals surface area (Å²) in [6, 6.07) is 5.10. The number of methoxy groups -OCH3 is 1. The zero-order valence-corrected chi connectivity index (χ0v) is 13.5. The smallest absolute Gasteiger partial charge is 0.240 e. The van der Waals surface area contributed by atoms with Crippen LogP contribution in [0, 0.1) is 0 Å². The molecule has 1 fully saturated rings. The lowest BCUT2D eigenvalue weighted by atomic mass is 9.96. The highest BCUT2D eigenvalue weighted by Gasteiger charge is 2.31. The number of hydrazine groups is 1. The van der Waals surface area contributed by atoms with Gasteiger partial charge in [0.2, 0.25) is 12.7 Å². The Balaban J connectivity index is 0.00000192. The van der Waals surface area contributed by atoms with Gasteiger partial charge in [-0.15, -0.1) is 12.4 Å². The summed E-state index contributed by atoms with van der Waals surface area (Å²) in [6.45, 7) is 1.11. The van der Waals surface area contributed by atoms with Gasteiger partial charge >= 0.3 is 0 Å². The molecular formula is C14H21ClN4O4. The molecule has 3 atom stereocenters. The fraction of sp³-hybridized carbons (Fsp3) is 0.500. The van der Waals surface area contributed by atoms with Crippen molar-refractivity contribution in [2.45, 2.75) is 18.1 Å². The highest BCUT2D eigenvalue weighted by atomic mass is 35.5. The predicted octanol–water partition coefficient (Wildman–Crippen LogP) is -0.555. The van der Waals surface area contributed by atoms with Crippen molar-refractivity contribution in [3.8, 4) is 11.5 Å². The quantitative estimate of drug-likeness (QED) is 0.567. The van der Waals surface area contributed by atoms with Gasteiger partial charge in [-0.2, -0.15) is 0 Å². The Hall–Kier alpha value is -1.58. The van der Waals surface area contributed by atoms with Crippen molar-refractivity contribution in [2.75, 3.05) is 27.1 Å². The Morgan fingerprint density at radius 2 is 2.26 bits per heavy atom. The molecule has 128 valence electrons. The van der Waals surface area contributed by atoms with E-state index < -0.39 is 6.04 Å². The zero-order chi connectivity index (χ0) is 15.5. The van der Waals surface area contributed by atoms with E-state index in [2.05, 4.69) is 16.2 Å². The molecule has 1 saturated heterocycles.